The van der Waals surface area contributed by atoms with Gasteiger partial charge in [0.1, 0.15) is 17.1 Å². The van der Waals surface area contributed by atoms with Crippen molar-refractivity contribution in [3.05, 3.63) is 78.1 Å². The van der Waals surface area contributed by atoms with E-state index in [1.165, 1.54) is 12.1 Å². The van der Waals surface area contributed by atoms with Gasteiger partial charge in [0.2, 0.25) is 0 Å². The zero-order valence-corrected chi connectivity index (χ0v) is 18.6. The molecule has 0 spiro atoms. The summed E-state index contributed by atoms with van der Waals surface area (Å²) in [6.45, 7) is 1.76. The number of fused-ring (bicyclic) bond motifs is 1. The van der Waals surface area contributed by atoms with E-state index in [1.807, 2.05) is 19.1 Å². The lowest BCUT2D eigenvalue weighted by molar-refractivity contribution is -0.137. The molecule has 1 aliphatic heterocycles. The summed E-state index contributed by atoms with van der Waals surface area (Å²) in [4.78, 5) is 22.7. The molecule has 2 N–H and O–H groups in total. The van der Waals surface area contributed by atoms with Crippen molar-refractivity contribution in [2.75, 3.05) is 16.3 Å². The number of alkyl halides is 3. The summed E-state index contributed by atoms with van der Waals surface area (Å²) in [6.07, 6.45) is -1.79. The number of halogens is 3. The normalized spacial score (nSPS) is 16.4. The molecule has 0 bridgehead atoms. The molecule has 1 aliphatic rings. The summed E-state index contributed by atoms with van der Waals surface area (Å²) >= 11 is 0. The molecular formula is C25H21F3N4O3. The second-order valence-corrected chi connectivity index (χ2v) is 8.13. The first kappa shape index (κ1) is 22.7. The summed E-state index contributed by atoms with van der Waals surface area (Å²) in [5.74, 6) is 1.12. The number of β-amino-alcohol motifs (C(OH)–C–C–N with tert-alkyl or cyclic N) is 1. The Bertz CT molecular complexity index is 1400. The third-order valence-corrected chi connectivity index (χ3v) is 5.87. The van der Waals surface area contributed by atoms with Gasteiger partial charge in [-0.2, -0.15) is 13.2 Å². The Labute approximate surface area is 198 Å². The summed E-state index contributed by atoms with van der Waals surface area (Å²) in [7, 11) is 0. The molecule has 5 rings (SSSR count). The van der Waals surface area contributed by atoms with Gasteiger partial charge < -0.3 is 14.8 Å². The molecule has 1 atom stereocenters. The van der Waals surface area contributed by atoms with Crippen molar-refractivity contribution in [2.24, 2.45) is 0 Å². The van der Waals surface area contributed by atoms with E-state index in [0.717, 1.165) is 38.5 Å². The predicted octanol–water partition coefficient (Wildman–Crippen LogP) is 5.70. The Morgan fingerprint density at radius 1 is 1.14 bits per heavy atom. The lowest BCUT2D eigenvalue weighted by Crippen LogP contribution is -2.35. The van der Waals surface area contributed by atoms with E-state index in [1.54, 1.807) is 30.6 Å². The number of ether oxygens (including phenoxy) is 1. The Kier molecular flexibility index (Phi) is 5.60. The van der Waals surface area contributed by atoms with Crippen molar-refractivity contribution in [3.8, 4) is 11.5 Å². The van der Waals surface area contributed by atoms with E-state index in [-0.39, 0.29) is 12.2 Å². The maximum absolute atomic E-state index is 13.1. The number of pyridine rings is 1. The van der Waals surface area contributed by atoms with Crippen LogP contribution in [0.5, 0.6) is 11.5 Å². The fourth-order valence-electron chi connectivity index (χ4n) is 4.12. The van der Waals surface area contributed by atoms with E-state index >= 15 is 0 Å². The number of aryl methyl sites for hydroxylation is 1. The molecule has 7 nitrogen and oxygen atoms in total. The minimum Gasteiger partial charge on any atom is -0.455 e. The molecule has 1 fully saturated rings. The van der Waals surface area contributed by atoms with Gasteiger partial charge in [0.05, 0.1) is 18.3 Å². The highest BCUT2D eigenvalue weighted by molar-refractivity contribution is 6.06. The van der Waals surface area contributed by atoms with Crippen LogP contribution in [0, 0.1) is 0 Å². The number of carbonyl (C=O) groups is 1. The molecule has 1 saturated heterocycles. The van der Waals surface area contributed by atoms with Crippen LogP contribution >= 0.6 is 0 Å². The fourth-order valence-corrected chi connectivity index (χ4v) is 4.12. The number of hydrogen-bond acceptors (Lipinski definition) is 4. The van der Waals surface area contributed by atoms with Crippen LogP contribution in [0.1, 0.15) is 18.1 Å². The number of benzene rings is 2. The molecule has 35 heavy (non-hydrogen) atoms. The summed E-state index contributed by atoms with van der Waals surface area (Å²) in [5, 5.41) is 11.5. The molecule has 0 radical (unpaired) electrons. The number of aromatic nitrogens is 2. The number of urea groups is 1. The van der Waals surface area contributed by atoms with E-state index in [9.17, 15) is 23.1 Å². The number of rotatable bonds is 5. The molecule has 4 aromatic rings. The standard InChI is InChI=1S/C25H21F3N4O3/c1-2-15-10-19(6-7-21(15)35-20-11-16-8-9-29-23(16)30-13-20)32-22(33)14-31(24(32)34)18-5-3-4-17(12-18)25(26,27)28/h3-13,22,33H,2,14H2,1H3,(H,29,30). The Morgan fingerprint density at radius 2 is 1.97 bits per heavy atom. The van der Waals surface area contributed by atoms with Crippen molar-refractivity contribution in [1.29, 1.82) is 0 Å². The Balaban J connectivity index is 1.41. The van der Waals surface area contributed by atoms with Crippen molar-refractivity contribution >= 4 is 28.4 Å². The topological polar surface area (TPSA) is 81.7 Å². The third-order valence-electron chi connectivity index (χ3n) is 5.87. The fraction of sp³-hybridized carbons (Fsp3) is 0.200. The number of nitrogens with one attached hydrogen (secondary N) is 1. The average Bonchev–Trinajstić information content (AvgIpc) is 3.42. The average molecular weight is 482 g/mol. The van der Waals surface area contributed by atoms with Crippen molar-refractivity contribution in [2.45, 2.75) is 25.7 Å². The molecule has 2 aromatic carbocycles. The molecule has 2 aromatic heterocycles. The SMILES string of the molecule is CCc1cc(N2C(=O)N(c3cccc(C(F)(F)F)c3)CC2O)ccc1Oc1cnc2[nH]ccc2c1. The van der Waals surface area contributed by atoms with Gasteiger partial charge in [-0.3, -0.25) is 9.80 Å². The van der Waals surface area contributed by atoms with Crippen LogP contribution in [0.2, 0.25) is 0 Å². The van der Waals surface area contributed by atoms with Crippen LogP contribution in [0.25, 0.3) is 11.0 Å². The summed E-state index contributed by atoms with van der Waals surface area (Å²) in [5.41, 5.74) is 1.15. The van der Waals surface area contributed by atoms with Gasteiger partial charge in [0.15, 0.2) is 6.23 Å². The number of amides is 2. The first-order valence-corrected chi connectivity index (χ1v) is 10.9. The zero-order chi connectivity index (χ0) is 24.7. The van der Waals surface area contributed by atoms with Crippen LogP contribution < -0.4 is 14.5 Å². The molecule has 2 amide bonds. The minimum atomic E-state index is -4.54. The van der Waals surface area contributed by atoms with Crippen molar-refractivity contribution in [3.63, 3.8) is 0 Å². The van der Waals surface area contributed by atoms with Crippen molar-refractivity contribution in [1.82, 2.24) is 9.97 Å². The van der Waals surface area contributed by atoms with Gasteiger partial charge >= 0.3 is 12.2 Å². The van der Waals surface area contributed by atoms with Crippen LogP contribution in [0.15, 0.2) is 67.0 Å². The molecule has 0 saturated carbocycles. The summed E-state index contributed by atoms with van der Waals surface area (Å²) < 4.78 is 45.4. The highest BCUT2D eigenvalue weighted by Crippen LogP contribution is 2.36. The van der Waals surface area contributed by atoms with Gasteiger partial charge in [0, 0.05) is 23.0 Å². The highest BCUT2D eigenvalue weighted by Gasteiger charge is 2.39. The van der Waals surface area contributed by atoms with Gasteiger partial charge in [0.25, 0.3) is 0 Å². The van der Waals surface area contributed by atoms with E-state index in [4.69, 9.17) is 4.74 Å². The number of H-pyrrole nitrogens is 1. The second-order valence-electron chi connectivity index (χ2n) is 8.13. The summed E-state index contributed by atoms with van der Waals surface area (Å²) in [6, 6.07) is 12.7. The predicted molar refractivity (Wildman–Crippen MR) is 125 cm³/mol. The van der Waals surface area contributed by atoms with Gasteiger partial charge in [-0.1, -0.05) is 13.0 Å². The van der Waals surface area contributed by atoms with E-state index in [0.29, 0.717) is 23.6 Å². The molecule has 3 heterocycles. The first-order chi connectivity index (χ1) is 16.7. The van der Waals surface area contributed by atoms with Crippen LogP contribution in [-0.2, 0) is 12.6 Å². The number of aliphatic hydroxyl groups excluding tert-OH is 1. The highest BCUT2D eigenvalue weighted by atomic mass is 19.4. The van der Waals surface area contributed by atoms with Gasteiger partial charge in [-0.05, 0) is 60.5 Å². The molecule has 0 aliphatic carbocycles. The zero-order valence-electron chi connectivity index (χ0n) is 18.6. The monoisotopic (exact) mass is 482 g/mol. The van der Waals surface area contributed by atoms with E-state index in [2.05, 4.69) is 9.97 Å². The second kappa shape index (κ2) is 8.62. The largest absolute Gasteiger partial charge is 0.455 e. The quantitative estimate of drug-likeness (QED) is 0.382. The molecular weight excluding hydrogens is 461 g/mol. The van der Waals surface area contributed by atoms with Crippen LogP contribution in [0.4, 0.5) is 29.3 Å². The number of hydrogen-bond donors (Lipinski definition) is 2. The number of carbonyl (C=O) groups excluding carboxylic acids is 1. The number of aliphatic hydroxyl groups is 1. The third kappa shape index (κ3) is 4.28. The van der Waals surface area contributed by atoms with Gasteiger partial charge in [-0.25, -0.2) is 9.78 Å². The van der Waals surface area contributed by atoms with Crippen LogP contribution in [-0.4, -0.2) is 33.9 Å². The van der Waals surface area contributed by atoms with Crippen molar-refractivity contribution < 1.29 is 27.8 Å². The maximum atomic E-state index is 13.1. The smallest absolute Gasteiger partial charge is 0.416 e. The Morgan fingerprint density at radius 3 is 2.74 bits per heavy atom. The van der Waals surface area contributed by atoms with E-state index < -0.39 is 24.0 Å². The van der Waals surface area contributed by atoms with Gasteiger partial charge in [-0.15, -0.1) is 0 Å². The lowest BCUT2D eigenvalue weighted by Gasteiger charge is -2.22. The molecule has 10 heteroatoms. The maximum Gasteiger partial charge on any atom is 0.416 e. The first-order valence-electron chi connectivity index (χ1n) is 10.9. The number of nitrogens with zero attached hydrogens (tertiary/aromatic N) is 3. The number of anilines is 2. The Hall–Kier alpha value is -4.05. The minimum absolute atomic E-state index is 0.0645. The molecule has 180 valence electrons. The van der Waals surface area contributed by atoms with Crippen LogP contribution in [0.3, 0.4) is 0 Å². The lowest BCUT2D eigenvalue weighted by atomic mass is 10.1. The molecule has 1 unspecified atom stereocenters. The number of aromatic amines is 1.